The second-order valence-corrected chi connectivity index (χ2v) is 0.949. The van der Waals surface area contributed by atoms with Gasteiger partial charge in [-0.2, -0.15) is 0 Å². The SMILES string of the molecule is CCO.CCO.CCO.Cl.[Cr]. The molecule has 5 heteroatoms. The molecule has 0 spiro atoms. The van der Waals surface area contributed by atoms with Gasteiger partial charge in [-0.15, -0.1) is 12.4 Å². The zero-order valence-electron chi connectivity index (χ0n) is 7.28. The monoisotopic (exact) mass is 226 g/mol. The topological polar surface area (TPSA) is 60.7 Å². The minimum atomic E-state index is 0. The zero-order valence-corrected chi connectivity index (χ0v) is 9.37. The zero-order chi connectivity index (χ0) is 8.12. The molecule has 74 valence electrons. The number of aliphatic hydroxyl groups is 3. The summed E-state index contributed by atoms with van der Waals surface area (Å²) in [5.74, 6) is 0. The number of rotatable bonds is 0. The van der Waals surface area contributed by atoms with E-state index in [4.69, 9.17) is 15.3 Å². The first kappa shape index (κ1) is 29.8. The number of halogens is 1. The van der Waals surface area contributed by atoms with E-state index in [1.54, 1.807) is 20.8 Å². The Labute approximate surface area is 86.0 Å². The smallest absolute Gasteiger partial charge is 0.0402 e. The van der Waals surface area contributed by atoms with E-state index in [9.17, 15) is 0 Å². The Morgan fingerprint density at radius 1 is 0.727 bits per heavy atom. The molecule has 0 amide bonds. The van der Waals surface area contributed by atoms with E-state index in [2.05, 4.69) is 0 Å². The normalized spacial score (nSPS) is 4.91. The van der Waals surface area contributed by atoms with Crippen molar-refractivity contribution < 1.29 is 32.7 Å². The van der Waals surface area contributed by atoms with Crippen LogP contribution in [0.25, 0.3) is 0 Å². The standard InChI is InChI=1S/3C2H6O.ClH.Cr/c3*1-2-3;;/h3*3H,2H2,1H3;1H;. The summed E-state index contributed by atoms with van der Waals surface area (Å²) in [7, 11) is 0. The molecule has 3 nitrogen and oxygen atoms in total. The first-order valence-electron chi connectivity index (χ1n) is 3.07. The molecule has 0 aliphatic rings. The van der Waals surface area contributed by atoms with E-state index >= 15 is 0 Å². The summed E-state index contributed by atoms with van der Waals surface area (Å²) in [5.41, 5.74) is 0. The predicted molar refractivity (Wildman–Crippen MR) is 45.5 cm³/mol. The fourth-order valence-corrected chi connectivity index (χ4v) is 0. The third kappa shape index (κ3) is 1640. The van der Waals surface area contributed by atoms with Crippen molar-refractivity contribution in [3.05, 3.63) is 0 Å². The van der Waals surface area contributed by atoms with Crippen LogP contribution in [0.15, 0.2) is 0 Å². The van der Waals surface area contributed by atoms with Crippen LogP contribution in [0.2, 0.25) is 0 Å². The van der Waals surface area contributed by atoms with Crippen molar-refractivity contribution in [1.82, 2.24) is 0 Å². The van der Waals surface area contributed by atoms with E-state index in [0.29, 0.717) is 0 Å². The summed E-state index contributed by atoms with van der Waals surface area (Å²) >= 11 is 0. The minimum Gasteiger partial charge on any atom is -0.397 e. The van der Waals surface area contributed by atoms with Gasteiger partial charge in [0.2, 0.25) is 0 Å². The molecule has 0 saturated carbocycles. The van der Waals surface area contributed by atoms with Crippen LogP contribution in [0.3, 0.4) is 0 Å². The van der Waals surface area contributed by atoms with Gasteiger partial charge in [-0.05, 0) is 20.8 Å². The summed E-state index contributed by atoms with van der Waals surface area (Å²) in [6, 6.07) is 0. The average molecular weight is 227 g/mol. The van der Waals surface area contributed by atoms with Crippen LogP contribution in [-0.2, 0) is 17.4 Å². The Hall–Kier alpha value is 0.702. The third-order valence-electron chi connectivity index (χ3n) is 0. The summed E-state index contributed by atoms with van der Waals surface area (Å²) in [4.78, 5) is 0. The molecule has 0 aromatic heterocycles. The van der Waals surface area contributed by atoms with Crippen LogP contribution in [0.1, 0.15) is 20.8 Å². The van der Waals surface area contributed by atoms with Crippen molar-refractivity contribution in [3.63, 3.8) is 0 Å². The van der Waals surface area contributed by atoms with E-state index < -0.39 is 0 Å². The van der Waals surface area contributed by atoms with Gasteiger partial charge in [-0.1, -0.05) is 0 Å². The third-order valence-corrected chi connectivity index (χ3v) is 0. The van der Waals surface area contributed by atoms with Crippen molar-refractivity contribution in [3.8, 4) is 0 Å². The van der Waals surface area contributed by atoms with Gasteiger partial charge in [0.1, 0.15) is 0 Å². The summed E-state index contributed by atoms with van der Waals surface area (Å²) in [6.45, 7) is 5.79. The van der Waals surface area contributed by atoms with Gasteiger partial charge in [0.05, 0.1) is 0 Å². The van der Waals surface area contributed by atoms with Gasteiger partial charge in [-0.3, -0.25) is 0 Å². The summed E-state index contributed by atoms with van der Waals surface area (Å²) < 4.78 is 0. The molecule has 0 rings (SSSR count). The van der Waals surface area contributed by atoms with E-state index in [-0.39, 0.29) is 49.6 Å². The Morgan fingerprint density at radius 2 is 0.727 bits per heavy atom. The fourth-order valence-electron chi connectivity index (χ4n) is 0. The summed E-state index contributed by atoms with van der Waals surface area (Å²) in [5, 5.41) is 22.7. The Bertz CT molecular complexity index is 22.5. The van der Waals surface area contributed by atoms with Crippen LogP contribution in [0, 0.1) is 0 Å². The maximum atomic E-state index is 7.57. The molecule has 0 saturated heterocycles. The molecule has 11 heavy (non-hydrogen) atoms. The van der Waals surface area contributed by atoms with Gasteiger partial charge in [0.15, 0.2) is 0 Å². The van der Waals surface area contributed by atoms with Gasteiger partial charge >= 0.3 is 0 Å². The van der Waals surface area contributed by atoms with E-state index in [1.165, 1.54) is 0 Å². The van der Waals surface area contributed by atoms with E-state index in [0.717, 1.165) is 0 Å². The fraction of sp³-hybridized carbons (Fsp3) is 1.00. The molecule has 0 aliphatic heterocycles. The Kier molecular flexibility index (Phi) is 199. The van der Waals surface area contributed by atoms with Gasteiger partial charge < -0.3 is 15.3 Å². The second-order valence-electron chi connectivity index (χ2n) is 0.949. The van der Waals surface area contributed by atoms with Crippen LogP contribution >= 0.6 is 12.4 Å². The van der Waals surface area contributed by atoms with Crippen molar-refractivity contribution in [2.24, 2.45) is 0 Å². The van der Waals surface area contributed by atoms with Crippen molar-refractivity contribution in [2.75, 3.05) is 19.8 Å². The molecule has 0 aliphatic carbocycles. The molecule has 0 bridgehead atoms. The Balaban J connectivity index is -0.0000000150. The molecule has 0 heterocycles. The predicted octanol–water partition coefficient (Wildman–Crippen LogP) is 0.415. The molecular formula is C6H19ClCrO3. The largest absolute Gasteiger partial charge is 0.397 e. The molecule has 0 radical (unpaired) electrons. The van der Waals surface area contributed by atoms with Crippen LogP contribution < -0.4 is 0 Å². The van der Waals surface area contributed by atoms with Gasteiger partial charge in [-0.25, -0.2) is 0 Å². The molecule has 0 atom stereocenters. The van der Waals surface area contributed by atoms with Crippen molar-refractivity contribution >= 4 is 12.4 Å². The molecular weight excluding hydrogens is 208 g/mol. The average Bonchev–Trinajstić information content (AvgIpc) is 1.70. The van der Waals surface area contributed by atoms with Crippen LogP contribution in [0.4, 0.5) is 0 Å². The minimum absolute atomic E-state index is 0. The maximum absolute atomic E-state index is 7.57. The molecule has 0 unspecified atom stereocenters. The first-order valence-corrected chi connectivity index (χ1v) is 3.07. The van der Waals surface area contributed by atoms with Crippen LogP contribution in [-0.4, -0.2) is 35.1 Å². The first-order chi connectivity index (χ1) is 4.24. The molecule has 0 fully saturated rings. The molecule has 0 aromatic carbocycles. The summed E-state index contributed by atoms with van der Waals surface area (Å²) in [6.07, 6.45) is 0. The quantitative estimate of drug-likeness (QED) is 0.561. The molecule has 0 aromatic rings. The van der Waals surface area contributed by atoms with Gasteiger partial charge in [0, 0.05) is 37.2 Å². The maximum Gasteiger partial charge on any atom is 0.0402 e. The van der Waals surface area contributed by atoms with E-state index in [1.807, 2.05) is 0 Å². The number of aliphatic hydroxyl groups excluding tert-OH is 3. The van der Waals surface area contributed by atoms with Crippen molar-refractivity contribution in [2.45, 2.75) is 20.8 Å². The number of hydrogen-bond donors (Lipinski definition) is 3. The second kappa shape index (κ2) is 73.5. The Morgan fingerprint density at radius 3 is 0.727 bits per heavy atom. The van der Waals surface area contributed by atoms with Crippen molar-refractivity contribution in [1.29, 1.82) is 0 Å². The number of hydrogen-bond acceptors (Lipinski definition) is 3. The van der Waals surface area contributed by atoms with Gasteiger partial charge in [0.25, 0.3) is 0 Å². The van der Waals surface area contributed by atoms with Crippen LogP contribution in [0.5, 0.6) is 0 Å². The molecule has 3 N–H and O–H groups in total.